The second-order valence-corrected chi connectivity index (χ2v) is 9.90. The number of nitrogens with one attached hydrogen (secondary N) is 2. The Bertz CT molecular complexity index is 1330. The lowest BCUT2D eigenvalue weighted by atomic mass is 10.1. The number of thioether (sulfide) groups is 1. The van der Waals surface area contributed by atoms with Crippen LogP contribution in [0, 0.1) is 6.92 Å². The number of para-hydroxylation sites is 1. The highest BCUT2D eigenvalue weighted by Gasteiger charge is 2.25. The van der Waals surface area contributed by atoms with E-state index in [-0.39, 0.29) is 23.6 Å². The van der Waals surface area contributed by atoms with Gasteiger partial charge in [0.15, 0.2) is 0 Å². The Morgan fingerprint density at radius 1 is 1.06 bits per heavy atom. The highest BCUT2D eigenvalue weighted by atomic mass is 32.2. The van der Waals surface area contributed by atoms with E-state index in [1.165, 1.54) is 11.8 Å². The molecular formula is C25H22N4O2S2. The number of anilines is 1. The maximum absolute atomic E-state index is 12.7. The number of amides is 2. The molecule has 166 valence electrons. The fraction of sp³-hybridized carbons (Fsp3) is 0.200. The summed E-state index contributed by atoms with van der Waals surface area (Å²) in [4.78, 5) is 36.4. The van der Waals surface area contributed by atoms with E-state index in [9.17, 15) is 9.59 Å². The average Bonchev–Trinajstić information content (AvgIpc) is 3.53. The molecule has 2 aromatic heterocycles. The Morgan fingerprint density at radius 2 is 1.82 bits per heavy atom. The van der Waals surface area contributed by atoms with Gasteiger partial charge in [-0.25, -0.2) is 9.97 Å². The van der Waals surface area contributed by atoms with Crippen LogP contribution in [0.5, 0.6) is 0 Å². The molecule has 1 aliphatic rings. The number of rotatable bonds is 7. The molecule has 1 saturated carbocycles. The Labute approximate surface area is 199 Å². The lowest BCUT2D eigenvalue weighted by Crippen LogP contribution is -2.27. The number of fused-ring (bicyclic) bond motifs is 1. The highest BCUT2D eigenvalue weighted by molar-refractivity contribution is 8.00. The zero-order valence-electron chi connectivity index (χ0n) is 18.0. The number of thiophene rings is 1. The number of benzene rings is 2. The first-order valence-electron chi connectivity index (χ1n) is 10.7. The van der Waals surface area contributed by atoms with Gasteiger partial charge in [0, 0.05) is 16.3 Å². The zero-order chi connectivity index (χ0) is 22.8. The topological polar surface area (TPSA) is 84.0 Å². The van der Waals surface area contributed by atoms with Gasteiger partial charge in [0.2, 0.25) is 5.91 Å². The summed E-state index contributed by atoms with van der Waals surface area (Å²) in [5.41, 5.74) is 2.13. The fourth-order valence-corrected chi connectivity index (χ4v) is 5.45. The smallest absolute Gasteiger partial charge is 0.253 e. The van der Waals surface area contributed by atoms with Crippen LogP contribution in [-0.2, 0) is 4.79 Å². The van der Waals surface area contributed by atoms with Gasteiger partial charge in [-0.1, -0.05) is 54.2 Å². The van der Waals surface area contributed by atoms with Gasteiger partial charge in [-0.2, -0.15) is 0 Å². The van der Waals surface area contributed by atoms with E-state index in [1.807, 2.05) is 31.2 Å². The number of carbonyl (C=O) groups excluding carboxylic acids is 2. The largest absolute Gasteiger partial charge is 0.349 e. The van der Waals surface area contributed by atoms with Crippen LogP contribution in [0.1, 0.15) is 29.0 Å². The van der Waals surface area contributed by atoms with Gasteiger partial charge < -0.3 is 10.6 Å². The van der Waals surface area contributed by atoms with Gasteiger partial charge in [-0.15, -0.1) is 11.3 Å². The first-order chi connectivity index (χ1) is 16.1. The second-order valence-electron chi connectivity index (χ2n) is 7.90. The summed E-state index contributed by atoms with van der Waals surface area (Å²) < 4.78 is 0. The Kier molecular flexibility index (Phi) is 6.11. The minimum atomic E-state index is -0.186. The number of aromatic nitrogens is 2. The highest BCUT2D eigenvalue weighted by Crippen LogP contribution is 2.36. The minimum absolute atomic E-state index is 0.152. The number of hydrogen-bond acceptors (Lipinski definition) is 6. The molecule has 2 N–H and O–H groups in total. The van der Waals surface area contributed by atoms with E-state index < -0.39 is 0 Å². The molecule has 0 unspecified atom stereocenters. The predicted octanol–water partition coefficient (Wildman–Crippen LogP) is 5.29. The molecular weight excluding hydrogens is 452 g/mol. The summed E-state index contributed by atoms with van der Waals surface area (Å²) in [5.74, 6) is 0.519. The maximum Gasteiger partial charge on any atom is 0.253 e. The first kappa shape index (κ1) is 21.6. The van der Waals surface area contributed by atoms with E-state index in [0.29, 0.717) is 17.1 Å². The fourth-order valence-electron chi connectivity index (χ4n) is 3.45. The standard InChI is InChI=1S/C25H22N4O2S2/c1-15-26-24(19-13-21(33-25(19)27-15)16-7-3-2-4-8-16)32-14-22(30)29-20-10-6-5-9-18(20)23(31)28-17-11-12-17/h2-10,13,17H,11-12,14H2,1H3,(H,28,31)(H,29,30). The van der Waals surface area contributed by atoms with E-state index in [1.54, 1.807) is 29.5 Å². The maximum atomic E-state index is 12.7. The van der Waals surface area contributed by atoms with E-state index in [2.05, 4.69) is 38.8 Å². The molecule has 8 heteroatoms. The van der Waals surface area contributed by atoms with Crippen LogP contribution in [0.4, 0.5) is 5.69 Å². The van der Waals surface area contributed by atoms with E-state index in [4.69, 9.17) is 0 Å². The Hall–Kier alpha value is -3.23. The van der Waals surface area contributed by atoms with Crippen molar-refractivity contribution in [3.05, 3.63) is 72.1 Å². The van der Waals surface area contributed by atoms with Crippen molar-refractivity contribution in [2.24, 2.45) is 0 Å². The van der Waals surface area contributed by atoms with E-state index >= 15 is 0 Å². The summed E-state index contributed by atoms with van der Waals surface area (Å²) in [6.07, 6.45) is 2.02. The molecule has 1 aliphatic carbocycles. The molecule has 4 aromatic rings. The van der Waals surface area contributed by atoms with Crippen molar-refractivity contribution in [3.8, 4) is 10.4 Å². The van der Waals surface area contributed by atoms with Crippen LogP contribution >= 0.6 is 23.1 Å². The van der Waals surface area contributed by atoms with Gasteiger partial charge in [0.05, 0.1) is 17.0 Å². The van der Waals surface area contributed by atoms with Gasteiger partial charge >= 0.3 is 0 Å². The van der Waals surface area contributed by atoms with Crippen molar-refractivity contribution in [1.82, 2.24) is 15.3 Å². The number of nitrogens with zero attached hydrogens (tertiary/aromatic N) is 2. The third kappa shape index (κ3) is 5.07. The van der Waals surface area contributed by atoms with E-state index in [0.717, 1.165) is 38.5 Å². The lowest BCUT2D eigenvalue weighted by molar-refractivity contribution is -0.113. The van der Waals surface area contributed by atoms with Crippen LogP contribution in [0.25, 0.3) is 20.7 Å². The molecule has 2 amide bonds. The van der Waals surface area contributed by atoms with Crippen LogP contribution in [-0.4, -0.2) is 33.6 Å². The Morgan fingerprint density at radius 3 is 2.61 bits per heavy atom. The molecule has 1 fully saturated rings. The van der Waals surface area contributed by atoms with Crippen LogP contribution in [0.15, 0.2) is 65.7 Å². The van der Waals surface area contributed by atoms with Crippen LogP contribution in [0.2, 0.25) is 0 Å². The zero-order valence-corrected chi connectivity index (χ0v) is 19.6. The Balaban J connectivity index is 1.31. The lowest BCUT2D eigenvalue weighted by Gasteiger charge is -2.11. The van der Waals surface area contributed by atoms with Crippen LogP contribution in [0.3, 0.4) is 0 Å². The molecule has 2 aromatic carbocycles. The normalized spacial score (nSPS) is 13.1. The summed E-state index contributed by atoms with van der Waals surface area (Å²) in [5, 5.41) is 7.59. The molecule has 33 heavy (non-hydrogen) atoms. The van der Waals surface area contributed by atoms with Gasteiger partial charge in [-0.3, -0.25) is 9.59 Å². The van der Waals surface area contributed by atoms with Crippen LogP contribution < -0.4 is 10.6 Å². The number of carbonyl (C=O) groups is 2. The summed E-state index contributed by atoms with van der Waals surface area (Å²) in [6.45, 7) is 1.86. The van der Waals surface area contributed by atoms with Crippen molar-refractivity contribution in [2.45, 2.75) is 30.8 Å². The van der Waals surface area contributed by atoms with Gasteiger partial charge in [0.1, 0.15) is 15.7 Å². The summed E-state index contributed by atoms with van der Waals surface area (Å²) in [7, 11) is 0. The number of hydrogen-bond donors (Lipinski definition) is 2. The average molecular weight is 475 g/mol. The monoisotopic (exact) mass is 474 g/mol. The molecule has 5 rings (SSSR count). The quantitative estimate of drug-likeness (QED) is 0.281. The van der Waals surface area contributed by atoms with Gasteiger partial charge in [-0.05, 0) is 43.5 Å². The molecule has 0 radical (unpaired) electrons. The van der Waals surface area contributed by atoms with Crippen molar-refractivity contribution in [1.29, 1.82) is 0 Å². The van der Waals surface area contributed by atoms with Crippen molar-refractivity contribution in [3.63, 3.8) is 0 Å². The van der Waals surface area contributed by atoms with Crippen molar-refractivity contribution < 1.29 is 9.59 Å². The second kappa shape index (κ2) is 9.33. The predicted molar refractivity (Wildman–Crippen MR) is 134 cm³/mol. The molecule has 0 bridgehead atoms. The van der Waals surface area contributed by atoms with Crippen molar-refractivity contribution >= 4 is 50.8 Å². The molecule has 0 saturated heterocycles. The molecule has 0 aliphatic heterocycles. The molecule has 6 nitrogen and oxygen atoms in total. The van der Waals surface area contributed by atoms with Crippen molar-refractivity contribution in [2.75, 3.05) is 11.1 Å². The minimum Gasteiger partial charge on any atom is -0.349 e. The van der Waals surface area contributed by atoms with Gasteiger partial charge in [0.25, 0.3) is 5.91 Å². The number of aryl methyl sites for hydroxylation is 1. The molecule has 0 atom stereocenters. The summed E-state index contributed by atoms with van der Waals surface area (Å²) in [6, 6.07) is 19.6. The molecule has 2 heterocycles. The first-order valence-corrected chi connectivity index (χ1v) is 12.5. The SMILES string of the molecule is Cc1nc(SCC(=O)Nc2ccccc2C(=O)NC2CC2)c2cc(-c3ccccc3)sc2n1. The molecule has 0 spiro atoms. The third-order valence-electron chi connectivity index (χ3n) is 5.23. The summed E-state index contributed by atoms with van der Waals surface area (Å²) >= 11 is 3.00. The third-order valence-corrected chi connectivity index (χ3v) is 7.30.